The summed E-state index contributed by atoms with van der Waals surface area (Å²) < 4.78 is 0. The molecule has 0 spiro atoms. The van der Waals surface area contributed by atoms with Gasteiger partial charge >= 0.3 is 0 Å². The highest BCUT2D eigenvalue weighted by Crippen LogP contribution is 2.42. The van der Waals surface area contributed by atoms with Crippen LogP contribution in [0.4, 0.5) is 0 Å². The van der Waals surface area contributed by atoms with Gasteiger partial charge in [-0.25, -0.2) is 0 Å². The van der Waals surface area contributed by atoms with Crippen LogP contribution in [0.2, 0.25) is 0 Å². The van der Waals surface area contributed by atoms with Crippen LogP contribution in [0.5, 0.6) is 0 Å². The molecule has 0 bridgehead atoms. The number of aromatic nitrogens is 2. The average Bonchev–Trinajstić information content (AvgIpc) is 3.15. The third-order valence-corrected chi connectivity index (χ3v) is 5.91. The number of likely N-dealkylation sites (tertiary alicyclic amines) is 1. The standard InChI is InChI=1S/C21H27N3/c1-14-9-16(12-22-11-14)19-6-7-20-21(15(19)2)17(13-23-20)10-18-5-4-8-24(18)3/h6-7,9,11-13,15,18-19,23H,4-5,8,10H2,1-3H3. The maximum absolute atomic E-state index is 4.40. The zero-order chi connectivity index (χ0) is 16.7. The van der Waals surface area contributed by atoms with E-state index >= 15 is 0 Å². The number of nitrogens with zero attached hydrogens (tertiary/aromatic N) is 2. The molecule has 3 unspecified atom stereocenters. The Morgan fingerprint density at radius 1 is 1.33 bits per heavy atom. The van der Waals surface area contributed by atoms with E-state index in [4.69, 9.17) is 0 Å². The van der Waals surface area contributed by atoms with Gasteiger partial charge in [-0.05, 0) is 74.0 Å². The Balaban J connectivity index is 1.64. The van der Waals surface area contributed by atoms with Gasteiger partial charge in [-0.2, -0.15) is 0 Å². The number of rotatable bonds is 3. The molecule has 2 aromatic heterocycles. The summed E-state index contributed by atoms with van der Waals surface area (Å²) in [6.07, 6.45) is 14.6. The molecule has 0 radical (unpaired) electrons. The van der Waals surface area contributed by atoms with Gasteiger partial charge < -0.3 is 9.88 Å². The molecule has 0 aromatic carbocycles. The van der Waals surface area contributed by atoms with E-state index in [9.17, 15) is 0 Å². The first-order chi connectivity index (χ1) is 11.6. The van der Waals surface area contributed by atoms with Gasteiger partial charge in [0.15, 0.2) is 0 Å². The Morgan fingerprint density at radius 2 is 2.21 bits per heavy atom. The smallest absolute Gasteiger partial charge is 0.0415 e. The molecular weight excluding hydrogens is 294 g/mol. The predicted octanol–water partition coefficient (Wildman–Crippen LogP) is 4.27. The lowest BCUT2D eigenvalue weighted by molar-refractivity contribution is 0.308. The Labute approximate surface area is 144 Å². The van der Waals surface area contributed by atoms with E-state index in [0.29, 0.717) is 17.9 Å². The second-order valence-corrected chi connectivity index (χ2v) is 7.59. The van der Waals surface area contributed by atoms with Crippen LogP contribution in [0.15, 0.2) is 30.7 Å². The molecule has 1 N–H and O–H groups in total. The SMILES string of the molecule is Cc1cncc(C2C=Cc3[nH]cc(CC4CCCN4C)c3C2C)c1. The van der Waals surface area contributed by atoms with Crippen LogP contribution in [-0.4, -0.2) is 34.5 Å². The first kappa shape index (κ1) is 15.6. The molecule has 1 aliphatic carbocycles. The van der Waals surface area contributed by atoms with Crippen molar-refractivity contribution < 1.29 is 0 Å². The van der Waals surface area contributed by atoms with Crippen molar-refractivity contribution in [3.05, 3.63) is 58.7 Å². The van der Waals surface area contributed by atoms with Gasteiger partial charge in [0.05, 0.1) is 0 Å². The van der Waals surface area contributed by atoms with Crippen LogP contribution in [0.1, 0.15) is 59.5 Å². The largest absolute Gasteiger partial charge is 0.361 e. The fourth-order valence-electron chi connectivity index (χ4n) is 4.54. The fraction of sp³-hybridized carbons (Fsp3) is 0.476. The van der Waals surface area contributed by atoms with Gasteiger partial charge in [-0.15, -0.1) is 0 Å². The van der Waals surface area contributed by atoms with Crippen LogP contribution in [-0.2, 0) is 6.42 Å². The Hall–Kier alpha value is -1.87. The number of H-pyrrole nitrogens is 1. The monoisotopic (exact) mass is 321 g/mol. The molecule has 0 amide bonds. The first-order valence-corrected chi connectivity index (χ1v) is 9.13. The van der Waals surface area contributed by atoms with Gasteiger partial charge in [0.2, 0.25) is 0 Å². The van der Waals surface area contributed by atoms with E-state index in [0.717, 1.165) is 0 Å². The number of nitrogens with one attached hydrogen (secondary N) is 1. The summed E-state index contributed by atoms with van der Waals surface area (Å²) in [4.78, 5) is 10.4. The van der Waals surface area contributed by atoms with E-state index < -0.39 is 0 Å². The third-order valence-electron chi connectivity index (χ3n) is 5.91. The lowest BCUT2D eigenvalue weighted by atomic mass is 9.77. The Kier molecular flexibility index (Phi) is 4.05. The van der Waals surface area contributed by atoms with Crippen LogP contribution < -0.4 is 0 Å². The van der Waals surface area contributed by atoms with Crippen molar-refractivity contribution in [2.75, 3.05) is 13.6 Å². The number of fused-ring (bicyclic) bond motifs is 1. The molecular formula is C21H27N3. The zero-order valence-corrected chi connectivity index (χ0v) is 14.9. The molecule has 2 aromatic rings. The van der Waals surface area contributed by atoms with Crippen LogP contribution in [0, 0.1) is 6.92 Å². The molecule has 3 heterocycles. The van der Waals surface area contributed by atoms with E-state index in [-0.39, 0.29) is 0 Å². The van der Waals surface area contributed by atoms with Crippen LogP contribution in [0.25, 0.3) is 6.08 Å². The number of pyridine rings is 1. The summed E-state index contributed by atoms with van der Waals surface area (Å²) in [7, 11) is 2.27. The molecule has 3 atom stereocenters. The summed E-state index contributed by atoms with van der Waals surface area (Å²) in [6.45, 7) is 5.73. The van der Waals surface area contributed by atoms with Crippen molar-refractivity contribution in [1.82, 2.24) is 14.9 Å². The van der Waals surface area contributed by atoms with E-state index in [1.165, 1.54) is 53.8 Å². The summed E-state index contributed by atoms with van der Waals surface area (Å²) in [5.74, 6) is 0.905. The fourth-order valence-corrected chi connectivity index (χ4v) is 4.54. The maximum atomic E-state index is 4.40. The molecule has 0 saturated carbocycles. The lowest BCUT2D eigenvalue weighted by Crippen LogP contribution is -2.27. The maximum Gasteiger partial charge on any atom is 0.0415 e. The second-order valence-electron chi connectivity index (χ2n) is 7.59. The highest BCUT2D eigenvalue weighted by Gasteiger charge is 2.30. The highest BCUT2D eigenvalue weighted by molar-refractivity contribution is 5.60. The van der Waals surface area contributed by atoms with Crippen LogP contribution in [0.3, 0.4) is 0 Å². The van der Waals surface area contributed by atoms with Gasteiger partial charge in [-0.3, -0.25) is 4.98 Å². The molecule has 2 aliphatic rings. The Morgan fingerprint density at radius 3 is 2.96 bits per heavy atom. The second kappa shape index (κ2) is 6.21. The molecule has 1 fully saturated rings. The molecule has 126 valence electrons. The predicted molar refractivity (Wildman–Crippen MR) is 99.3 cm³/mol. The zero-order valence-electron chi connectivity index (χ0n) is 14.9. The number of allylic oxidation sites excluding steroid dienone is 1. The number of likely N-dealkylation sites (N-methyl/N-ethyl adjacent to an activating group) is 1. The normalized spacial score (nSPS) is 26.7. The van der Waals surface area contributed by atoms with Gasteiger partial charge in [0, 0.05) is 36.2 Å². The average molecular weight is 321 g/mol. The summed E-state index contributed by atoms with van der Waals surface area (Å²) in [5, 5.41) is 0. The Bertz CT molecular complexity index is 758. The van der Waals surface area contributed by atoms with E-state index in [1.807, 2.05) is 12.4 Å². The van der Waals surface area contributed by atoms with Crippen molar-refractivity contribution >= 4 is 6.08 Å². The van der Waals surface area contributed by atoms with Crippen molar-refractivity contribution in [2.45, 2.75) is 51.0 Å². The molecule has 1 aliphatic heterocycles. The van der Waals surface area contributed by atoms with Gasteiger partial charge in [0.25, 0.3) is 0 Å². The minimum Gasteiger partial charge on any atom is -0.361 e. The lowest BCUT2D eigenvalue weighted by Gasteiger charge is -2.28. The summed E-state index contributed by atoms with van der Waals surface area (Å²) in [5.41, 5.74) is 6.89. The highest BCUT2D eigenvalue weighted by atomic mass is 15.1. The van der Waals surface area contributed by atoms with Crippen molar-refractivity contribution in [3.63, 3.8) is 0 Å². The van der Waals surface area contributed by atoms with Crippen LogP contribution >= 0.6 is 0 Å². The van der Waals surface area contributed by atoms with E-state index in [1.54, 1.807) is 0 Å². The summed E-state index contributed by atoms with van der Waals surface area (Å²) >= 11 is 0. The molecule has 3 heteroatoms. The molecule has 3 nitrogen and oxygen atoms in total. The number of aryl methyl sites for hydroxylation is 1. The van der Waals surface area contributed by atoms with Crippen molar-refractivity contribution in [3.8, 4) is 0 Å². The number of hydrogen-bond donors (Lipinski definition) is 1. The molecule has 1 saturated heterocycles. The number of aromatic amines is 1. The molecule has 24 heavy (non-hydrogen) atoms. The first-order valence-electron chi connectivity index (χ1n) is 9.13. The van der Waals surface area contributed by atoms with Gasteiger partial charge in [0.1, 0.15) is 0 Å². The van der Waals surface area contributed by atoms with Crippen molar-refractivity contribution in [1.29, 1.82) is 0 Å². The minimum absolute atomic E-state index is 0.417. The topological polar surface area (TPSA) is 31.9 Å². The van der Waals surface area contributed by atoms with E-state index in [2.05, 4.69) is 60.2 Å². The number of hydrogen-bond acceptors (Lipinski definition) is 2. The summed E-state index contributed by atoms with van der Waals surface area (Å²) in [6, 6.07) is 2.97. The van der Waals surface area contributed by atoms with Crippen molar-refractivity contribution in [2.24, 2.45) is 0 Å². The molecule has 4 rings (SSSR count). The van der Waals surface area contributed by atoms with Gasteiger partial charge in [-0.1, -0.05) is 19.1 Å². The minimum atomic E-state index is 0.417. The quantitative estimate of drug-likeness (QED) is 0.915. The third kappa shape index (κ3) is 2.71.